The molecule has 1 heterocycles. The van der Waals surface area contributed by atoms with Crippen LogP contribution >= 0.6 is 23.2 Å². The number of pyridine rings is 1. The van der Waals surface area contributed by atoms with Gasteiger partial charge >= 0.3 is 0 Å². The minimum atomic E-state index is -0.0339. The normalized spacial score (nSPS) is 12.4. The summed E-state index contributed by atoms with van der Waals surface area (Å²) >= 11 is 12.4. The van der Waals surface area contributed by atoms with Crippen molar-refractivity contribution in [2.24, 2.45) is 0 Å². The monoisotopic (exact) mass is 265 g/mol. The fourth-order valence-corrected chi connectivity index (χ4v) is 2.14. The van der Waals surface area contributed by atoms with Gasteiger partial charge in [-0.25, -0.2) is 0 Å². The molecule has 1 nitrogen and oxygen atoms in total. The number of aromatic nitrogens is 1. The molecule has 0 radical (unpaired) electrons. The molecule has 88 valence electrons. The van der Waals surface area contributed by atoms with E-state index in [4.69, 9.17) is 23.2 Å². The maximum Gasteiger partial charge on any atom is 0.0625 e. The van der Waals surface area contributed by atoms with E-state index in [9.17, 15) is 0 Å². The van der Waals surface area contributed by atoms with E-state index in [1.54, 1.807) is 12.4 Å². The van der Waals surface area contributed by atoms with Crippen LogP contribution in [0.25, 0.3) is 0 Å². The van der Waals surface area contributed by atoms with Gasteiger partial charge in [0.15, 0.2) is 0 Å². The van der Waals surface area contributed by atoms with Crippen LogP contribution in [-0.4, -0.2) is 4.98 Å². The molecule has 0 aliphatic heterocycles. The van der Waals surface area contributed by atoms with Gasteiger partial charge < -0.3 is 0 Å². The molecule has 0 bridgehead atoms. The summed E-state index contributed by atoms with van der Waals surface area (Å²) in [6.07, 6.45) is 4.36. The summed E-state index contributed by atoms with van der Waals surface area (Å²) in [5, 5.41) is 0.745. The average Bonchev–Trinajstić information content (AvgIpc) is 2.34. The first-order valence-electron chi connectivity index (χ1n) is 5.46. The Labute approximate surface area is 111 Å². The minimum Gasteiger partial charge on any atom is -0.265 e. The van der Waals surface area contributed by atoms with Crippen LogP contribution in [0.4, 0.5) is 0 Å². The topological polar surface area (TPSA) is 12.9 Å². The number of alkyl halides is 1. The van der Waals surface area contributed by atoms with Gasteiger partial charge in [0.25, 0.3) is 0 Å². The Bertz CT molecular complexity index is 497. The Morgan fingerprint density at radius 3 is 2.53 bits per heavy atom. The van der Waals surface area contributed by atoms with Gasteiger partial charge in [0.2, 0.25) is 0 Å². The Morgan fingerprint density at radius 2 is 1.88 bits per heavy atom. The van der Waals surface area contributed by atoms with Crippen molar-refractivity contribution in [1.29, 1.82) is 0 Å². The Balaban J connectivity index is 2.14. The zero-order valence-electron chi connectivity index (χ0n) is 9.53. The first-order chi connectivity index (χ1) is 8.16. The molecule has 0 fully saturated rings. The van der Waals surface area contributed by atoms with E-state index < -0.39 is 0 Å². The highest BCUT2D eigenvalue weighted by Gasteiger charge is 2.09. The van der Waals surface area contributed by atoms with Crippen molar-refractivity contribution in [1.82, 2.24) is 4.98 Å². The van der Waals surface area contributed by atoms with Gasteiger partial charge in [-0.2, -0.15) is 0 Å². The molecule has 0 amide bonds. The molecule has 0 aliphatic carbocycles. The zero-order chi connectivity index (χ0) is 12.3. The van der Waals surface area contributed by atoms with Crippen molar-refractivity contribution in [3.8, 4) is 0 Å². The number of halogens is 2. The SMILES string of the molecule is Cc1cc(C(Cl)Cc2ccncc2)ccc1Cl. The molecule has 1 aromatic heterocycles. The molecule has 2 aromatic rings. The van der Waals surface area contributed by atoms with Crippen molar-refractivity contribution in [3.05, 3.63) is 64.4 Å². The highest BCUT2D eigenvalue weighted by molar-refractivity contribution is 6.31. The third-order valence-corrected chi connectivity index (χ3v) is 3.54. The molecule has 1 atom stereocenters. The average molecular weight is 266 g/mol. The summed E-state index contributed by atoms with van der Waals surface area (Å²) in [5.74, 6) is 0. The molecule has 0 saturated carbocycles. The molecule has 0 aliphatic rings. The first kappa shape index (κ1) is 12.4. The number of nitrogens with zero attached hydrogens (tertiary/aromatic N) is 1. The lowest BCUT2D eigenvalue weighted by Crippen LogP contribution is -1.96. The van der Waals surface area contributed by atoms with Gasteiger partial charge in [-0.05, 0) is 48.2 Å². The molecular weight excluding hydrogens is 253 g/mol. The highest BCUT2D eigenvalue weighted by atomic mass is 35.5. The van der Waals surface area contributed by atoms with Gasteiger partial charge in [-0.15, -0.1) is 11.6 Å². The summed E-state index contributed by atoms with van der Waals surface area (Å²) in [4.78, 5) is 3.99. The maximum absolute atomic E-state index is 6.40. The second-order valence-corrected chi connectivity index (χ2v) is 4.97. The van der Waals surface area contributed by atoms with E-state index in [1.165, 1.54) is 5.56 Å². The molecular formula is C14H13Cl2N. The second kappa shape index (κ2) is 5.52. The predicted molar refractivity (Wildman–Crippen MR) is 72.7 cm³/mol. The lowest BCUT2D eigenvalue weighted by atomic mass is 10.0. The van der Waals surface area contributed by atoms with Crippen molar-refractivity contribution in [2.45, 2.75) is 18.7 Å². The summed E-state index contributed by atoms with van der Waals surface area (Å²) in [6, 6.07) is 9.89. The fourth-order valence-electron chi connectivity index (χ4n) is 1.71. The first-order valence-corrected chi connectivity index (χ1v) is 6.27. The smallest absolute Gasteiger partial charge is 0.0625 e. The third kappa shape index (κ3) is 3.21. The lowest BCUT2D eigenvalue weighted by molar-refractivity contribution is 0.914. The molecule has 1 aromatic carbocycles. The van der Waals surface area contributed by atoms with E-state index in [-0.39, 0.29) is 5.38 Å². The van der Waals surface area contributed by atoms with Crippen LogP contribution in [-0.2, 0) is 6.42 Å². The summed E-state index contributed by atoms with van der Waals surface area (Å²) < 4.78 is 0. The van der Waals surface area contributed by atoms with Crippen molar-refractivity contribution >= 4 is 23.2 Å². The fraction of sp³-hybridized carbons (Fsp3) is 0.214. The second-order valence-electron chi connectivity index (χ2n) is 4.04. The van der Waals surface area contributed by atoms with Crippen LogP contribution in [0.1, 0.15) is 22.1 Å². The van der Waals surface area contributed by atoms with Crippen LogP contribution in [0.3, 0.4) is 0 Å². The molecule has 1 unspecified atom stereocenters. The predicted octanol–water partition coefficient (Wildman–Crippen LogP) is 4.57. The maximum atomic E-state index is 6.40. The summed E-state index contributed by atoms with van der Waals surface area (Å²) in [7, 11) is 0. The van der Waals surface area contributed by atoms with Crippen molar-refractivity contribution in [3.63, 3.8) is 0 Å². The number of aryl methyl sites for hydroxylation is 1. The van der Waals surface area contributed by atoms with E-state index in [2.05, 4.69) is 4.98 Å². The minimum absolute atomic E-state index is 0.0339. The quantitative estimate of drug-likeness (QED) is 0.742. The number of hydrogen-bond donors (Lipinski definition) is 0. The number of hydrogen-bond acceptors (Lipinski definition) is 1. The lowest BCUT2D eigenvalue weighted by Gasteiger charge is -2.11. The standard InChI is InChI=1S/C14H13Cl2N/c1-10-8-12(2-3-13(10)15)14(16)9-11-4-6-17-7-5-11/h2-8,14H,9H2,1H3. The number of benzene rings is 1. The zero-order valence-corrected chi connectivity index (χ0v) is 11.0. The molecule has 2 rings (SSSR count). The van der Waals surface area contributed by atoms with Crippen LogP contribution in [0.2, 0.25) is 5.02 Å². The van der Waals surface area contributed by atoms with Crippen LogP contribution < -0.4 is 0 Å². The van der Waals surface area contributed by atoms with Gasteiger partial charge in [-0.1, -0.05) is 23.7 Å². The van der Waals surface area contributed by atoms with E-state index >= 15 is 0 Å². The largest absolute Gasteiger partial charge is 0.265 e. The van der Waals surface area contributed by atoms with Gasteiger partial charge in [0.05, 0.1) is 5.38 Å². The molecule has 0 spiro atoms. The van der Waals surface area contributed by atoms with Crippen molar-refractivity contribution in [2.75, 3.05) is 0 Å². The Kier molecular flexibility index (Phi) is 4.03. The van der Waals surface area contributed by atoms with Gasteiger partial charge in [0.1, 0.15) is 0 Å². The van der Waals surface area contributed by atoms with Gasteiger partial charge in [0, 0.05) is 17.4 Å². The molecule has 17 heavy (non-hydrogen) atoms. The van der Waals surface area contributed by atoms with Crippen LogP contribution in [0.5, 0.6) is 0 Å². The van der Waals surface area contributed by atoms with E-state index in [1.807, 2.05) is 37.3 Å². The Morgan fingerprint density at radius 1 is 1.18 bits per heavy atom. The van der Waals surface area contributed by atoms with Crippen LogP contribution in [0.15, 0.2) is 42.7 Å². The third-order valence-electron chi connectivity index (χ3n) is 2.71. The summed E-state index contributed by atoms with van der Waals surface area (Å²) in [5.41, 5.74) is 3.35. The van der Waals surface area contributed by atoms with E-state index in [0.29, 0.717) is 0 Å². The molecule has 0 saturated heterocycles. The Hall–Kier alpha value is -1.05. The summed E-state index contributed by atoms with van der Waals surface area (Å²) in [6.45, 7) is 1.99. The molecule has 0 N–H and O–H groups in total. The van der Waals surface area contributed by atoms with Gasteiger partial charge in [-0.3, -0.25) is 4.98 Å². The van der Waals surface area contributed by atoms with Crippen LogP contribution in [0, 0.1) is 6.92 Å². The highest BCUT2D eigenvalue weighted by Crippen LogP contribution is 2.27. The molecule has 3 heteroatoms. The number of rotatable bonds is 3. The van der Waals surface area contributed by atoms with E-state index in [0.717, 1.165) is 22.6 Å². The van der Waals surface area contributed by atoms with Crippen molar-refractivity contribution < 1.29 is 0 Å².